The molecule has 2 heterocycles. The van der Waals surface area contributed by atoms with Crippen LogP contribution in [0.15, 0.2) is 158 Å². The van der Waals surface area contributed by atoms with Crippen molar-refractivity contribution < 1.29 is 0 Å². The minimum absolute atomic E-state index is 0.0205. The van der Waals surface area contributed by atoms with Crippen molar-refractivity contribution in [1.29, 1.82) is 0 Å². The van der Waals surface area contributed by atoms with Crippen LogP contribution in [-0.4, -0.2) is 15.5 Å². The Balaban J connectivity index is 0.000000152. The highest BCUT2D eigenvalue weighted by Crippen LogP contribution is 2.47. The molecule has 1 unspecified atom stereocenters. The van der Waals surface area contributed by atoms with Crippen LogP contribution in [0.2, 0.25) is 0 Å². The Kier molecular flexibility index (Phi) is 8.07. The van der Waals surface area contributed by atoms with E-state index in [9.17, 15) is 0 Å². The third kappa shape index (κ3) is 6.07. The van der Waals surface area contributed by atoms with Crippen LogP contribution in [0, 0.1) is 6.92 Å². The average Bonchev–Trinajstić information content (AvgIpc) is 3.42. The molecule has 0 amide bonds. The van der Waals surface area contributed by atoms with E-state index in [1.807, 2.05) is 43.3 Å². The van der Waals surface area contributed by atoms with E-state index in [-0.39, 0.29) is 5.54 Å². The van der Waals surface area contributed by atoms with Crippen LogP contribution < -0.4 is 4.90 Å². The second-order valence-electron chi connectivity index (χ2n) is 11.9. The van der Waals surface area contributed by atoms with Gasteiger partial charge in [-0.05, 0) is 72.7 Å². The van der Waals surface area contributed by atoms with Crippen LogP contribution in [0.5, 0.6) is 0 Å². The molecule has 220 valence electrons. The molecule has 4 aromatic carbocycles. The summed E-state index contributed by atoms with van der Waals surface area (Å²) in [7, 11) is 0. The van der Waals surface area contributed by atoms with E-state index in [1.54, 1.807) is 0 Å². The van der Waals surface area contributed by atoms with E-state index in [0.29, 0.717) is 0 Å². The summed E-state index contributed by atoms with van der Waals surface area (Å²) >= 11 is 0. The maximum Gasteiger partial charge on any atom is 0.160 e. The summed E-state index contributed by atoms with van der Waals surface area (Å²) in [5.74, 6) is 0.801. The summed E-state index contributed by atoms with van der Waals surface area (Å²) in [6.07, 6.45) is 19.9. The quantitative estimate of drug-likeness (QED) is 0.211. The molecule has 45 heavy (non-hydrogen) atoms. The van der Waals surface area contributed by atoms with Crippen LogP contribution in [0.4, 0.5) is 11.4 Å². The second kappa shape index (κ2) is 12.8. The van der Waals surface area contributed by atoms with Gasteiger partial charge in [0.25, 0.3) is 0 Å². The topological polar surface area (TPSA) is 29.0 Å². The van der Waals surface area contributed by atoms with Crippen molar-refractivity contribution in [3.63, 3.8) is 0 Å². The first-order valence-corrected chi connectivity index (χ1v) is 15.8. The number of para-hydroxylation sites is 1. The zero-order chi connectivity index (χ0) is 30.5. The van der Waals surface area contributed by atoms with Crippen molar-refractivity contribution in [3.05, 3.63) is 175 Å². The number of anilines is 2. The zero-order valence-electron chi connectivity index (χ0n) is 25.7. The molecule has 3 nitrogen and oxygen atoms in total. The van der Waals surface area contributed by atoms with Crippen molar-refractivity contribution >= 4 is 16.9 Å². The van der Waals surface area contributed by atoms with Crippen LogP contribution >= 0.6 is 0 Å². The van der Waals surface area contributed by atoms with Crippen molar-refractivity contribution in [2.75, 3.05) is 4.90 Å². The molecule has 0 bridgehead atoms. The molecule has 3 aliphatic rings. The summed E-state index contributed by atoms with van der Waals surface area (Å²) in [5.41, 5.74) is 10.8. The van der Waals surface area contributed by atoms with E-state index in [4.69, 9.17) is 4.98 Å². The molecule has 0 N–H and O–H groups in total. The number of hydrogen-bond donors (Lipinski definition) is 0. The van der Waals surface area contributed by atoms with Gasteiger partial charge in [-0.3, -0.25) is 0 Å². The predicted molar refractivity (Wildman–Crippen MR) is 188 cm³/mol. The third-order valence-electron chi connectivity index (χ3n) is 8.71. The summed E-state index contributed by atoms with van der Waals surface area (Å²) in [6, 6.07) is 40.6. The van der Waals surface area contributed by atoms with E-state index < -0.39 is 0 Å². The van der Waals surface area contributed by atoms with Crippen molar-refractivity contribution in [3.8, 4) is 22.5 Å². The summed E-state index contributed by atoms with van der Waals surface area (Å²) in [4.78, 5) is 11.8. The molecule has 2 aliphatic carbocycles. The van der Waals surface area contributed by atoms with Crippen LogP contribution in [0.3, 0.4) is 0 Å². The van der Waals surface area contributed by atoms with Crippen molar-refractivity contribution in [2.45, 2.75) is 38.1 Å². The number of aryl methyl sites for hydroxylation is 1. The molecule has 0 radical (unpaired) electrons. The minimum Gasteiger partial charge on any atom is -0.331 e. The number of rotatable bonds is 4. The lowest BCUT2D eigenvalue weighted by Crippen LogP contribution is -2.42. The second-order valence-corrected chi connectivity index (χ2v) is 11.9. The number of fused-ring (bicyclic) bond motifs is 1. The van der Waals surface area contributed by atoms with Gasteiger partial charge in [-0.2, -0.15) is 0 Å². The molecule has 1 aromatic heterocycles. The van der Waals surface area contributed by atoms with Crippen LogP contribution in [-0.2, 0) is 6.42 Å². The fraction of sp³-hybridized carbons (Fsp3) is 0.143. The highest BCUT2D eigenvalue weighted by molar-refractivity contribution is 5.77. The maximum atomic E-state index is 4.70. The lowest BCUT2D eigenvalue weighted by atomic mass is 9.87. The van der Waals surface area contributed by atoms with E-state index in [0.717, 1.165) is 48.5 Å². The van der Waals surface area contributed by atoms with E-state index >= 15 is 0 Å². The molecule has 5 aromatic rings. The van der Waals surface area contributed by atoms with Gasteiger partial charge >= 0.3 is 0 Å². The Morgan fingerprint density at radius 1 is 0.667 bits per heavy atom. The SMILES string of the molecule is C1=CCC2(C=C1)Cc1ccccc1N2c1ccc(-c2ccccc2)cc1.Cc1cc(C2=CCCC=C2)nc(-c2ccccc2)n1. The van der Waals surface area contributed by atoms with Gasteiger partial charge in [0.15, 0.2) is 5.82 Å². The molecule has 1 spiro atoms. The van der Waals surface area contributed by atoms with Gasteiger partial charge in [-0.15, -0.1) is 0 Å². The van der Waals surface area contributed by atoms with Gasteiger partial charge in [0, 0.05) is 29.1 Å². The highest BCUT2D eigenvalue weighted by atomic mass is 15.2. The summed E-state index contributed by atoms with van der Waals surface area (Å²) < 4.78 is 0. The standard InChI is InChI=1S/C25H21N.C17H16N2/c1-3-9-20(10-4-1)21-13-15-23(16-14-21)26-24-12-6-5-11-22(24)19-25(26)17-7-2-8-18-25;1-13-12-16(14-8-4-2-5-9-14)19-17(18-13)15-10-6-3-7-11-15/h1-17H,18-19H2;3-4,6-12H,2,5H2,1H3. The van der Waals surface area contributed by atoms with Crippen LogP contribution in [0.1, 0.15) is 36.2 Å². The number of benzene rings is 4. The molecule has 0 saturated carbocycles. The number of nitrogens with zero attached hydrogens (tertiary/aromatic N) is 3. The lowest BCUT2D eigenvalue weighted by Gasteiger charge is -2.39. The first-order valence-electron chi connectivity index (χ1n) is 15.8. The lowest BCUT2D eigenvalue weighted by molar-refractivity contribution is 0.545. The maximum absolute atomic E-state index is 4.70. The van der Waals surface area contributed by atoms with Crippen molar-refractivity contribution in [1.82, 2.24) is 9.97 Å². The molecule has 0 fully saturated rings. The van der Waals surface area contributed by atoms with E-state index in [1.165, 1.54) is 33.6 Å². The normalized spacial score (nSPS) is 17.9. The van der Waals surface area contributed by atoms with Gasteiger partial charge in [0.2, 0.25) is 0 Å². The van der Waals surface area contributed by atoms with Gasteiger partial charge in [-0.1, -0.05) is 134 Å². The Bertz CT molecular complexity index is 1900. The fourth-order valence-corrected chi connectivity index (χ4v) is 6.54. The number of aromatic nitrogens is 2. The Morgan fingerprint density at radius 2 is 1.38 bits per heavy atom. The fourth-order valence-electron chi connectivity index (χ4n) is 6.54. The van der Waals surface area contributed by atoms with Gasteiger partial charge in [0.05, 0.1) is 11.2 Å². The summed E-state index contributed by atoms with van der Waals surface area (Å²) in [5, 5.41) is 0. The molecule has 8 rings (SSSR count). The van der Waals surface area contributed by atoms with Crippen LogP contribution in [0.25, 0.3) is 28.1 Å². The average molecular weight is 584 g/mol. The third-order valence-corrected chi connectivity index (χ3v) is 8.71. The highest BCUT2D eigenvalue weighted by Gasteiger charge is 2.42. The molecule has 3 heteroatoms. The monoisotopic (exact) mass is 583 g/mol. The summed E-state index contributed by atoms with van der Waals surface area (Å²) in [6.45, 7) is 2.02. The first kappa shape index (κ1) is 28.5. The van der Waals surface area contributed by atoms with Gasteiger partial charge in [0.1, 0.15) is 0 Å². The van der Waals surface area contributed by atoms with Gasteiger partial charge in [-0.25, -0.2) is 9.97 Å². The molecular weight excluding hydrogens is 546 g/mol. The number of allylic oxidation sites excluding steroid dienone is 6. The van der Waals surface area contributed by atoms with Crippen molar-refractivity contribution in [2.24, 2.45) is 0 Å². The smallest absolute Gasteiger partial charge is 0.160 e. The van der Waals surface area contributed by atoms with Gasteiger partial charge < -0.3 is 4.90 Å². The Labute approximate surface area is 266 Å². The zero-order valence-corrected chi connectivity index (χ0v) is 25.7. The van der Waals surface area contributed by atoms with E-state index in [2.05, 4.69) is 131 Å². The largest absolute Gasteiger partial charge is 0.331 e. The predicted octanol–water partition coefficient (Wildman–Crippen LogP) is 10.5. The first-order chi connectivity index (χ1) is 22.2. The minimum atomic E-state index is 0.0205. The molecule has 1 aliphatic heterocycles. The Hall–Kier alpha value is -5.28. The Morgan fingerprint density at radius 3 is 2.09 bits per heavy atom. The molecule has 1 atom stereocenters. The number of hydrogen-bond acceptors (Lipinski definition) is 3. The molecular formula is C42H37N3. The molecule has 0 saturated heterocycles.